The minimum absolute atomic E-state index is 0.278. The van der Waals surface area contributed by atoms with Crippen molar-refractivity contribution in [1.82, 2.24) is 20.4 Å². The molecule has 0 saturated carbocycles. The highest BCUT2D eigenvalue weighted by molar-refractivity contribution is 5.06. The number of tetrazole rings is 1. The Morgan fingerprint density at radius 3 is 3.00 bits per heavy atom. The van der Waals surface area contributed by atoms with Gasteiger partial charge in [0.25, 0.3) is 5.95 Å². The van der Waals surface area contributed by atoms with Crippen LogP contribution in [-0.2, 0) is 0 Å². The summed E-state index contributed by atoms with van der Waals surface area (Å²) in [7, 11) is 0. The molecule has 0 amide bonds. The number of azide groups is 1. The first-order chi connectivity index (χ1) is 4.34. The molecule has 0 radical (unpaired) electrons. The van der Waals surface area contributed by atoms with Gasteiger partial charge in [-0.1, -0.05) is 4.85 Å². The van der Waals surface area contributed by atoms with Gasteiger partial charge in [-0.3, -0.25) is 0 Å². The first kappa shape index (κ1) is 5.32. The zero-order chi connectivity index (χ0) is 6.69. The smallest absolute Gasteiger partial charge is 0.278 e. The summed E-state index contributed by atoms with van der Waals surface area (Å²) in [5, 5.41) is 20.5. The lowest BCUT2D eigenvalue weighted by atomic mass is 11.1. The van der Waals surface area contributed by atoms with Crippen LogP contribution >= 0.6 is 0 Å². The van der Waals surface area contributed by atoms with Gasteiger partial charge in [0.05, 0.1) is 0 Å². The topological polar surface area (TPSA) is 113 Å². The van der Waals surface area contributed by atoms with Crippen molar-refractivity contribution in [1.29, 1.82) is 0 Å². The molecule has 0 aliphatic rings. The standard InChI is InChI=1S/CHN7O/c2-5-3-1-4-6-7-8(1)9/h9H. The maximum absolute atomic E-state index is 8.50. The van der Waals surface area contributed by atoms with Crippen molar-refractivity contribution < 1.29 is 5.21 Å². The summed E-state index contributed by atoms with van der Waals surface area (Å²) in [5.41, 5.74) is 7.80. The first-order valence-electron chi connectivity index (χ1n) is 1.87. The van der Waals surface area contributed by atoms with E-state index in [9.17, 15) is 0 Å². The van der Waals surface area contributed by atoms with E-state index < -0.39 is 0 Å². The summed E-state index contributed by atoms with van der Waals surface area (Å²) in [4.78, 5) is 2.62. The highest BCUT2D eigenvalue weighted by Crippen LogP contribution is 1.99. The fourth-order valence-electron chi connectivity index (χ4n) is 0.278. The number of hydrogen-bond donors (Lipinski definition) is 1. The Labute approximate surface area is 48.3 Å². The third-order valence-electron chi connectivity index (χ3n) is 0.572. The van der Waals surface area contributed by atoms with E-state index in [1.807, 2.05) is 0 Å². The van der Waals surface area contributed by atoms with Gasteiger partial charge >= 0.3 is 0 Å². The van der Waals surface area contributed by atoms with Crippen LogP contribution < -0.4 is 0 Å². The van der Waals surface area contributed by atoms with Gasteiger partial charge in [0.15, 0.2) is 0 Å². The minimum Gasteiger partial charge on any atom is -0.409 e. The monoisotopic (exact) mass is 127 g/mol. The van der Waals surface area contributed by atoms with Gasteiger partial charge in [0, 0.05) is 4.91 Å². The molecule has 0 saturated heterocycles. The largest absolute Gasteiger partial charge is 0.409 e. The maximum Gasteiger partial charge on any atom is 0.278 e. The summed E-state index contributed by atoms with van der Waals surface area (Å²) >= 11 is 0. The summed E-state index contributed by atoms with van der Waals surface area (Å²) in [6.07, 6.45) is 0. The molecule has 1 aromatic rings. The normalized spacial score (nSPS) is 8.44. The molecule has 1 rings (SSSR count). The first-order valence-corrected chi connectivity index (χ1v) is 1.87. The lowest BCUT2D eigenvalue weighted by molar-refractivity contribution is 0.147. The SMILES string of the molecule is [N-]=[N+]=Nc1nnnn1O. The Bertz CT molecular complexity index is 243. The summed E-state index contributed by atoms with van der Waals surface area (Å²) in [6, 6.07) is 0. The van der Waals surface area contributed by atoms with E-state index >= 15 is 0 Å². The minimum atomic E-state index is -0.280. The van der Waals surface area contributed by atoms with Gasteiger partial charge in [-0.05, 0) is 21.1 Å². The van der Waals surface area contributed by atoms with E-state index in [0.29, 0.717) is 0 Å². The highest BCUT2D eigenvalue weighted by Gasteiger charge is 1.97. The zero-order valence-corrected chi connectivity index (χ0v) is 4.08. The summed E-state index contributed by atoms with van der Waals surface area (Å²) in [5.74, 6) is -0.280. The van der Waals surface area contributed by atoms with Gasteiger partial charge in [-0.2, -0.15) is 0 Å². The van der Waals surface area contributed by atoms with Crippen molar-refractivity contribution in [3.8, 4) is 0 Å². The van der Waals surface area contributed by atoms with Crippen molar-refractivity contribution in [3.05, 3.63) is 10.4 Å². The fraction of sp³-hybridized carbons (Fsp3) is 0. The van der Waals surface area contributed by atoms with Crippen LogP contribution in [0.5, 0.6) is 0 Å². The zero-order valence-electron chi connectivity index (χ0n) is 4.08. The summed E-state index contributed by atoms with van der Waals surface area (Å²) < 4.78 is 0. The fourth-order valence-corrected chi connectivity index (χ4v) is 0.278. The van der Waals surface area contributed by atoms with Crippen LogP contribution in [0.4, 0.5) is 5.95 Å². The second kappa shape index (κ2) is 1.97. The van der Waals surface area contributed by atoms with Gasteiger partial charge < -0.3 is 5.21 Å². The molecule has 8 nitrogen and oxygen atoms in total. The van der Waals surface area contributed by atoms with Crippen LogP contribution in [0.2, 0.25) is 0 Å². The second-order valence-corrected chi connectivity index (χ2v) is 1.06. The van der Waals surface area contributed by atoms with Crippen LogP contribution in [0.1, 0.15) is 0 Å². The van der Waals surface area contributed by atoms with E-state index in [2.05, 4.69) is 25.6 Å². The molecule has 0 unspecified atom stereocenters. The van der Waals surface area contributed by atoms with Crippen LogP contribution in [0.25, 0.3) is 10.4 Å². The van der Waals surface area contributed by atoms with Crippen molar-refractivity contribution in [2.24, 2.45) is 5.11 Å². The molecule has 9 heavy (non-hydrogen) atoms. The summed E-state index contributed by atoms with van der Waals surface area (Å²) in [6.45, 7) is 0. The quantitative estimate of drug-likeness (QED) is 0.244. The van der Waals surface area contributed by atoms with Crippen molar-refractivity contribution in [2.75, 3.05) is 0 Å². The van der Waals surface area contributed by atoms with Crippen LogP contribution in [-0.4, -0.2) is 25.6 Å². The second-order valence-electron chi connectivity index (χ2n) is 1.06. The van der Waals surface area contributed by atoms with E-state index in [-0.39, 0.29) is 10.8 Å². The molecule has 0 aliphatic carbocycles. The van der Waals surface area contributed by atoms with Gasteiger partial charge in [0.2, 0.25) is 0 Å². The molecule has 8 heteroatoms. The van der Waals surface area contributed by atoms with Crippen molar-refractivity contribution in [2.45, 2.75) is 0 Å². The highest BCUT2D eigenvalue weighted by atomic mass is 16.5. The Morgan fingerprint density at radius 2 is 2.56 bits per heavy atom. The third kappa shape index (κ3) is 0.864. The van der Waals surface area contributed by atoms with E-state index in [4.69, 9.17) is 10.7 Å². The third-order valence-corrected chi connectivity index (χ3v) is 0.572. The van der Waals surface area contributed by atoms with Crippen LogP contribution in [0.3, 0.4) is 0 Å². The number of nitrogens with zero attached hydrogens (tertiary/aromatic N) is 7. The predicted octanol–water partition coefficient (Wildman–Crippen LogP) is -0.148. The molecule has 0 aliphatic heterocycles. The average Bonchev–Trinajstić information content (AvgIpc) is 2.18. The number of hydrogen-bond acceptors (Lipinski definition) is 5. The van der Waals surface area contributed by atoms with Crippen LogP contribution in [0, 0.1) is 0 Å². The van der Waals surface area contributed by atoms with Crippen molar-refractivity contribution in [3.63, 3.8) is 0 Å². The molecular formula is CHN7O. The molecule has 0 atom stereocenters. The molecule has 0 aromatic carbocycles. The van der Waals surface area contributed by atoms with Gasteiger partial charge in [-0.15, -0.1) is 5.10 Å². The van der Waals surface area contributed by atoms with E-state index in [0.717, 1.165) is 0 Å². The molecule has 1 N–H and O–H groups in total. The Kier molecular flexibility index (Phi) is 1.16. The Balaban J connectivity index is 3.07. The van der Waals surface area contributed by atoms with E-state index in [1.165, 1.54) is 0 Å². The predicted molar refractivity (Wildman–Crippen MR) is 23.8 cm³/mol. The molecule has 0 bridgehead atoms. The van der Waals surface area contributed by atoms with E-state index in [1.54, 1.807) is 0 Å². The van der Waals surface area contributed by atoms with Crippen LogP contribution in [0.15, 0.2) is 5.11 Å². The Morgan fingerprint density at radius 1 is 1.78 bits per heavy atom. The van der Waals surface area contributed by atoms with Crippen molar-refractivity contribution >= 4 is 5.95 Å². The van der Waals surface area contributed by atoms with Gasteiger partial charge in [0.1, 0.15) is 0 Å². The lowest BCUT2D eigenvalue weighted by Gasteiger charge is -1.81. The Hall–Kier alpha value is -1.82. The number of rotatable bonds is 1. The molecule has 1 heterocycles. The lowest BCUT2D eigenvalue weighted by Crippen LogP contribution is -1.90. The average molecular weight is 127 g/mol. The molecule has 0 spiro atoms. The molecular weight excluding hydrogens is 126 g/mol. The van der Waals surface area contributed by atoms with Gasteiger partial charge in [-0.25, -0.2) is 0 Å². The molecule has 1 aromatic heterocycles. The maximum atomic E-state index is 8.50. The molecule has 46 valence electrons. The number of aromatic nitrogens is 4. The molecule has 0 fully saturated rings.